The number of hydrogen-bond donors (Lipinski definition) is 0. The van der Waals surface area contributed by atoms with Crippen LogP contribution < -0.4 is 0 Å². The molecule has 0 N–H and O–H groups in total. The molecule has 0 aromatic carbocycles. The molecule has 0 saturated heterocycles. The van der Waals surface area contributed by atoms with Crippen LogP contribution >= 0.6 is 11.3 Å². The van der Waals surface area contributed by atoms with Gasteiger partial charge in [0.15, 0.2) is 0 Å². The first-order valence-electron chi connectivity index (χ1n) is 5.45. The second-order valence-corrected chi connectivity index (χ2v) is 4.54. The Labute approximate surface area is 107 Å². The molecule has 7 heteroatoms. The van der Waals surface area contributed by atoms with E-state index in [-0.39, 0.29) is 0 Å². The fourth-order valence-electron chi connectivity index (χ4n) is 1.53. The van der Waals surface area contributed by atoms with Gasteiger partial charge in [-0.05, 0) is 0 Å². The number of aryl methyl sites for hydroxylation is 2. The normalized spacial score (nSPS) is 10.7. The summed E-state index contributed by atoms with van der Waals surface area (Å²) in [6.45, 7) is 0.830. The van der Waals surface area contributed by atoms with Crippen LogP contribution in [0.15, 0.2) is 36.6 Å². The Kier molecular flexibility index (Phi) is 3.05. The molecule has 0 unspecified atom stereocenters. The largest absolute Gasteiger partial charge is 0.320 e. The topological polar surface area (TPSA) is 69.4 Å². The molecule has 18 heavy (non-hydrogen) atoms. The highest BCUT2D eigenvalue weighted by atomic mass is 32.1. The van der Waals surface area contributed by atoms with E-state index >= 15 is 0 Å². The van der Waals surface area contributed by atoms with E-state index in [0.29, 0.717) is 0 Å². The lowest BCUT2D eigenvalue weighted by molar-refractivity contribution is 0.685. The summed E-state index contributed by atoms with van der Waals surface area (Å²) in [5, 5.41) is 10.5. The molecule has 0 aliphatic heterocycles. The maximum atomic E-state index is 4.54. The first-order chi connectivity index (χ1) is 8.92. The summed E-state index contributed by atoms with van der Waals surface area (Å²) >= 11 is 1.59. The van der Waals surface area contributed by atoms with E-state index in [1.165, 1.54) is 0 Å². The Balaban J connectivity index is 1.70. The lowest BCUT2D eigenvalue weighted by atomic mass is 10.3. The lowest BCUT2D eigenvalue weighted by Crippen LogP contribution is -1.98. The van der Waals surface area contributed by atoms with Crippen molar-refractivity contribution in [2.45, 2.75) is 13.0 Å². The average molecular weight is 258 g/mol. The standard InChI is InChI=1S/C11H10N6S/c1(4-17-7-14-15-8-17)9-6-18-11(16-9)10-5-12-2-3-13-10/h2-3,5-8H,1,4H2. The third kappa shape index (κ3) is 2.40. The second-order valence-electron chi connectivity index (χ2n) is 3.68. The van der Waals surface area contributed by atoms with Crippen LogP contribution in [0.5, 0.6) is 0 Å². The molecule has 6 nitrogen and oxygen atoms in total. The lowest BCUT2D eigenvalue weighted by Gasteiger charge is -1.97. The van der Waals surface area contributed by atoms with Crippen LogP contribution in [0.1, 0.15) is 5.69 Å². The highest BCUT2D eigenvalue weighted by molar-refractivity contribution is 7.13. The van der Waals surface area contributed by atoms with Crippen molar-refractivity contribution in [3.05, 3.63) is 42.3 Å². The number of aromatic nitrogens is 6. The number of nitrogens with zero attached hydrogens (tertiary/aromatic N) is 6. The summed E-state index contributed by atoms with van der Waals surface area (Å²) in [5.74, 6) is 0. The fourth-order valence-corrected chi connectivity index (χ4v) is 2.34. The molecule has 90 valence electrons. The second kappa shape index (κ2) is 5.01. The van der Waals surface area contributed by atoms with Gasteiger partial charge >= 0.3 is 0 Å². The van der Waals surface area contributed by atoms with Gasteiger partial charge in [0.25, 0.3) is 0 Å². The number of rotatable bonds is 4. The Morgan fingerprint density at radius 1 is 1.17 bits per heavy atom. The van der Waals surface area contributed by atoms with Gasteiger partial charge < -0.3 is 4.57 Å². The van der Waals surface area contributed by atoms with E-state index in [1.807, 2.05) is 9.95 Å². The van der Waals surface area contributed by atoms with Crippen LogP contribution in [-0.2, 0) is 13.0 Å². The summed E-state index contributed by atoms with van der Waals surface area (Å²) in [4.78, 5) is 12.8. The molecule has 0 amide bonds. The predicted molar refractivity (Wildman–Crippen MR) is 66.9 cm³/mol. The zero-order valence-electron chi connectivity index (χ0n) is 9.47. The maximum absolute atomic E-state index is 4.54. The highest BCUT2D eigenvalue weighted by Crippen LogP contribution is 2.20. The van der Waals surface area contributed by atoms with E-state index in [1.54, 1.807) is 42.6 Å². The highest BCUT2D eigenvalue weighted by Gasteiger charge is 2.05. The Bertz CT molecular complexity index is 604. The molecule has 0 saturated carbocycles. The molecule has 3 aromatic rings. The zero-order chi connectivity index (χ0) is 12.2. The molecular weight excluding hydrogens is 248 g/mol. The molecule has 0 atom stereocenters. The van der Waals surface area contributed by atoms with Gasteiger partial charge in [-0.3, -0.25) is 9.97 Å². The van der Waals surface area contributed by atoms with Crippen LogP contribution in [-0.4, -0.2) is 29.7 Å². The monoisotopic (exact) mass is 258 g/mol. The van der Waals surface area contributed by atoms with Crippen molar-refractivity contribution in [3.63, 3.8) is 0 Å². The van der Waals surface area contributed by atoms with Crippen LogP contribution in [0, 0.1) is 0 Å². The van der Waals surface area contributed by atoms with E-state index in [4.69, 9.17) is 0 Å². The minimum Gasteiger partial charge on any atom is -0.320 e. The van der Waals surface area contributed by atoms with Gasteiger partial charge in [0.2, 0.25) is 0 Å². The van der Waals surface area contributed by atoms with Crippen LogP contribution in [0.2, 0.25) is 0 Å². The summed E-state index contributed by atoms with van der Waals surface area (Å²) in [5.41, 5.74) is 1.87. The summed E-state index contributed by atoms with van der Waals surface area (Å²) in [6.07, 6.45) is 9.32. The van der Waals surface area contributed by atoms with Gasteiger partial charge in [0, 0.05) is 30.7 Å². The first-order valence-corrected chi connectivity index (χ1v) is 6.33. The van der Waals surface area contributed by atoms with Gasteiger partial charge in [0.1, 0.15) is 23.4 Å². The predicted octanol–water partition coefficient (Wildman–Crippen LogP) is 1.43. The number of thiazole rings is 1. The minimum atomic E-state index is 0.818. The van der Waals surface area contributed by atoms with Crippen LogP contribution in [0.3, 0.4) is 0 Å². The Hall–Kier alpha value is -2.15. The third-order valence-corrected chi connectivity index (χ3v) is 3.34. The third-order valence-electron chi connectivity index (χ3n) is 2.43. The van der Waals surface area contributed by atoms with Crippen LogP contribution in [0.4, 0.5) is 0 Å². The number of hydrogen-bond acceptors (Lipinski definition) is 6. The molecule has 0 fully saturated rings. The molecule has 0 spiro atoms. The van der Waals surface area contributed by atoms with Gasteiger partial charge in [-0.2, -0.15) is 0 Å². The van der Waals surface area contributed by atoms with Crippen molar-refractivity contribution in [1.29, 1.82) is 0 Å². The fraction of sp³-hybridized carbons (Fsp3) is 0.182. The zero-order valence-corrected chi connectivity index (χ0v) is 10.3. The van der Waals surface area contributed by atoms with Crippen molar-refractivity contribution in [3.8, 4) is 10.7 Å². The average Bonchev–Trinajstić information content (AvgIpc) is 3.09. The molecule has 3 rings (SSSR count). The molecule has 0 bridgehead atoms. The molecule has 0 radical (unpaired) electrons. The van der Waals surface area contributed by atoms with Crippen LogP contribution in [0.25, 0.3) is 10.7 Å². The van der Waals surface area contributed by atoms with Gasteiger partial charge in [-0.15, -0.1) is 21.5 Å². The Morgan fingerprint density at radius 2 is 2.06 bits per heavy atom. The van der Waals surface area contributed by atoms with Gasteiger partial charge in [0.05, 0.1) is 11.9 Å². The van der Waals surface area contributed by atoms with Crippen molar-refractivity contribution in [2.75, 3.05) is 0 Å². The quantitative estimate of drug-likeness (QED) is 0.708. The summed E-state index contributed by atoms with van der Waals surface area (Å²) in [6, 6.07) is 0. The minimum absolute atomic E-state index is 0.818. The van der Waals surface area contributed by atoms with Crippen molar-refractivity contribution in [2.24, 2.45) is 0 Å². The van der Waals surface area contributed by atoms with E-state index in [0.717, 1.165) is 29.4 Å². The van der Waals surface area contributed by atoms with Crippen molar-refractivity contribution < 1.29 is 0 Å². The molecular formula is C11H10N6S. The first kappa shape index (κ1) is 11.0. The van der Waals surface area contributed by atoms with E-state index in [2.05, 4.69) is 25.1 Å². The van der Waals surface area contributed by atoms with Crippen molar-refractivity contribution >= 4 is 11.3 Å². The molecule has 0 aliphatic rings. The van der Waals surface area contributed by atoms with Gasteiger partial charge in [-0.1, -0.05) is 0 Å². The van der Waals surface area contributed by atoms with Gasteiger partial charge in [-0.25, -0.2) is 4.98 Å². The maximum Gasteiger partial charge on any atom is 0.143 e. The molecule has 3 heterocycles. The molecule has 0 aliphatic carbocycles. The summed E-state index contributed by atoms with van der Waals surface area (Å²) in [7, 11) is 0. The van der Waals surface area contributed by atoms with Crippen molar-refractivity contribution in [1.82, 2.24) is 29.7 Å². The van der Waals surface area contributed by atoms with E-state index in [9.17, 15) is 0 Å². The smallest absolute Gasteiger partial charge is 0.143 e. The summed E-state index contributed by atoms with van der Waals surface area (Å²) < 4.78 is 1.93. The van der Waals surface area contributed by atoms with E-state index < -0.39 is 0 Å². The Morgan fingerprint density at radius 3 is 2.83 bits per heavy atom. The molecule has 3 aromatic heterocycles. The SMILES string of the molecule is c1cnc(-c2nc(CCn3cnnc3)cs2)cn1.